The van der Waals surface area contributed by atoms with Gasteiger partial charge in [-0.3, -0.25) is 9.59 Å². The van der Waals surface area contributed by atoms with Crippen molar-refractivity contribution in [3.05, 3.63) is 24.3 Å². The zero-order valence-electron chi connectivity index (χ0n) is 13.0. The predicted molar refractivity (Wildman–Crippen MR) is 86.9 cm³/mol. The summed E-state index contributed by atoms with van der Waals surface area (Å²) in [5, 5.41) is 2.99. The largest absolute Gasteiger partial charge is 0.326 e. The zero-order chi connectivity index (χ0) is 15.5. The molecule has 2 aliphatic rings. The van der Waals surface area contributed by atoms with Crippen LogP contribution in [0, 0.1) is 5.92 Å². The summed E-state index contributed by atoms with van der Waals surface area (Å²) < 4.78 is 0. The van der Waals surface area contributed by atoms with E-state index in [0.717, 1.165) is 50.3 Å². The third kappa shape index (κ3) is 3.30. The molecule has 118 valence electrons. The Bertz CT molecular complexity index is 548. The van der Waals surface area contributed by atoms with Gasteiger partial charge >= 0.3 is 0 Å². The van der Waals surface area contributed by atoms with Gasteiger partial charge in [-0.25, -0.2) is 0 Å². The number of likely N-dealkylation sites (tertiary alicyclic amines) is 1. The van der Waals surface area contributed by atoms with E-state index in [2.05, 4.69) is 17.3 Å². The number of benzene rings is 1. The van der Waals surface area contributed by atoms with Gasteiger partial charge in [-0.1, -0.05) is 0 Å². The summed E-state index contributed by atoms with van der Waals surface area (Å²) in [6.07, 6.45) is 3.40. The number of anilines is 2. The summed E-state index contributed by atoms with van der Waals surface area (Å²) in [6, 6.07) is 7.59. The van der Waals surface area contributed by atoms with Crippen LogP contribution in [-0.2, 0) is 9.59 Å². The monoisotopic (exact) mass is 301 g/mol. The van der Waals surface area contributed by atoms with E-state index in [9.17, 15) is 9.59 Å². The molecule has 3 rings (SSSR count). The summed E-state index contributed by atoms with van der Waals surface area (Å²) in [5.41, 5.74) is 1.72. The SMILES string of the molecule is CN1CCC(C(=O)Nc2ccc(N3CCCC3=O)cc2)CC1. The molecule has 22 heavy (non-hydrogen) atoms. The van der Waals surface area contributed by atoms with E-state index in [1.54, 1.807) is 0 Å². The van der Waals surface area contributed by atoms with Crippen LogP contribution >= 0.6 is 0 Å². The number of nitrogens with one attached hydrogen (secondary N) is 1. The second-order valence-corrected chi connectivity index (χ2v) is 6.26. The molecule has 1 aromatic rings. The molecule has 0 bridgehead atoms. The number of hydrogen-bond acceptors (Lipinski definition) is 3. The summed E-state index contributed by atoms with van der Waals surface area (Å²) in [4.78, 5) is 28.1. The van der Waals surface area contributed by atoms with Crippen molar-refractivity contribution in [2.45, 2.75) is 25.7 Å². The highest BCUT2D eigenvalue weighted by Gasteiger charge is 2.24. The van der Waals surface area contributed by atoms with Crippen molar-refractivity contribution in [1.82, 2.24) is 4.90 Å². The molecule has 0 saturated carbocycles. The minimum absolute atomic E-state index is 0.107. The van der Waals surface area contributed by atoms with Gasteiger partial charge in [-0.15, -0.1) is 0 Å². The molecule has 2 saturated heterocycles. The van der Waals surface area contributed by atoms with Crippen molar-refractivity contribution in [3.8, 4) is 0 Å². The Morgan fingerprint density at radius 2 is 1.82 bits per heavy atom. The van der Waals surface area contributed by atoms with Crippen LogP contribution in [0.3, 0.4) is 0 Å². The second-order valence-electron chi connectivity index (χ2n) is 6.26. The average molecular weight is 301 g/mol. The van der Waals surface area contributed by atoms with E-state index in [4.69, 9.17) is 0 Å². The molecule has 1 aromatic carbocycles. The molecule has 2 aliphatic heterocycles. The molecule has 0 unspecified atom stereocenters. The quantitative estimate of drug-likeness (QED) is 0.930. The molecule has 0 aromatic heterocycles. The maximum absolute atomic E-state index is 12.3. The van der Waals surface area contributed by atoms with Crippen molar-refractivity contribution in [2.75, 3.05) is 36.9 Å². The van der Waals surface area contributed by atoms with E-state index in [0.29, 0.717) is 6.42 Å². The number of hydrogen-bond donors (Lipinski definition) is 1. The Morgan fingerprint density at radius 3 is 2.41 bits per heavy atom. The predicted octanol–water partition coefficient (Wildman–Crippen LogP) is 2.09. The van der Waals surface area contributed by atoms with E-state index in [1.807, 2.05) is 29.2 Å². The van der Waals surface area contributed by atoms with Crippen molar-refractivity contribution >= 4 is 23.2 Å². The molecule has 0 radical (unpaired) electrons. The van der Waals surface area contributed by atoms with Gasteiger partial charge in [0.15, 0.2) is 0 Å². The fraction of sp³-hybridized carbons (Fsp3) is 0.529. The summed E-state index contributed by atoms with van der Waals surface area (Å²) in [7, 11) is 2.09. The zero-order valence-corrected chi connectivity index (χ0v) is 13.0. The van der Waals surface area contributed by atoms with Crippen LogP contribution in [0.2, 0.25) is 0 Å². The van der Waals surface area contributed by atoms with Crippen molar-refractivity contribution in [3.63, 3.8) is 0 Å². The average Bonchev–Trinajstić information content (AvgIpc) is 2.95. The lowest BCUT2D eigenvalue weighted by Gasteiger charge is -2.28. The second kappa shape index (κ2) is 6.48. The van der Waals surface area contributed by atoms with Crippen molar-refractivity contribution in [2.24, 2.45) is 5.92 Å². The fourth-order valence-electron chi connectivity index (χ4n) is 3.16. The number of nitrogens with zero attached hydrogens (tertiary/aromatic N) is 2. The lowest BCUT2D eigenvalue weighted by atomic mass is 9.96. The fourth-order valence-corrected chi connectivity index (χ4v) is 3.16. The highest BCUT2D eigenvalue weighted by atomic mass is 16.2. The molecule has 2 fully saturated rings. The first-order valence-electron chi connectivity index (χ1n) is 8.03. The molecular formula is C17H23N3O2. The van der Waals surface area contributed by atoms with E-state index < -0.39 is 0 Å². The number of piperidine rings is 1. The highest BCUT2D eigenvalue weighted by molar-refractivity contribution is 5.96. The van der Waals surface area contributed by atoms with Crippen LogP contribution < -0.4 is 10.2 Å². The lowest BCUT2D eigenvalue weighted by Crippen LogP contribution is -2.35. The molecule has 2 heterocycles. The van der Waals surface area contributed by atoms with Gasteiger partial charge in [0, 0.05) is 30.3 Å². The van der Waals surface area contributed by atoms with Gasteiger partial charge < -0.3 is 15.1 Å². The first-order valence-corrected chi connectivity index (χ1v) is 8.03. The van der Waals surface area contributed by atoms with Crippen LogP contribution in [0.15, 0.2) is 24.3 Å². The lowest BCUT2D eigenvalue weighted by molar-refractivity contribution is -0.121. The van der Waals surface area contributed by atoms with Gasteiger partial charge in [0.2, 0.25) is 11.8 Å². The van der Waals surface area contributed by atoms with Gasteiger partial charge in [-0.05, 0) is 63.7 Å². The number of amides is 2. The van der Waals surface area contributed by atoms with Crippen LogP contribution in [0.1, 0.15) is 25.7 Å². The van der Waals surface area contributed by atoms with E-state index in [1.165, 1.54) is 0 Å². The van der Waals surface area contributed by atoms with Crippen LogP contribution in [-0.4, -0.2) is 43.4 Å². The topological polar surface area (TPSA) is 52.7 Å². The standard InChI is InChI=1S/C17H23N3O2/c1-19-11-8-13(9-12-19)17(22)18-14-4-6-15(7-5-14)20-10-2-3-16(20)21/h4-7,13H,2-3,8-12H2,1H3,(H,18,22). The highest BCUT2D eigenvalue weighted by Crippen LogP contribution is 2.24. The van der Waals surface area contributed by atoms with Crippen LogP contribution in [0.5, 0.6) is 0 Å². The third-order valence-corrected chi connectivity index (χ3v) is 4.61. The van der Waals surface area contributed by atoms with Crippen LogP contribution in [0.4, 0.5) is 11.4 Å². The summed E-state index contributed by atoms with van der Waals surface area (Å²) >= 11 is 0. The maximum Gasteiger partial charge on any atom is 0.227 e. The minimum Gasteiger partial charge on any atom is -0.326 e. The van der Waals surface area contributed by atoms with Gasteiger partial charge in [0.05, 0.1) is 0 Å². The van der Waals surface area contributed by atoms with Gasteiger partial charge in [0.25, 0.3) is 0 Å². The normalized spacial score (nSPS) is 20.4. The third-order valence-electron chi connectivity index (χ3n) is 4.61. The summed E-state index contributed by atoms with van der Waals surface area (Å²) in [6.45, 7) is 2.75. The summed E-state index contributed by atoms with van der Waals surface area (Å²) in [5.74, 6) is 0.400. The van der Waals surface area contributed by atoms with Crippen molar-refractivity contribution in [1.29, 1.82) is 0 Å². The van der Waals surface area contributed by atoms with E-state index >= 15 is 0 Å². The Hall–Kier alpha value is -1.88. The molecule has 5 heteroatoms. The van der Waals surface area contributed by atoms with Crippen molar-refractivity contribution < 1.29 is 9.59 Å². The first-order chi connectivity index (χ1) is 10.6. The molecule has 2 amide bonds. The molecular weight excluding hydrogens is 278 g/mol. The number of carbonyl (C=O) groups is 2. The van der Waals surface area contributed by atoms with Crippen LogP contribution in [0.25, 0.3) is 0 Å². The Labute approximate surface area is 131 Å². The Balaban J connectivity index is 1.59. The maximum atomic E-state index is 12.3. The molecule has 1 N–H and O–H groups in total. The molecule has 0 atom stereocenters. The van der Waals surface area contributed by atoms with Gasteiger partial charge in [0.1, 0.15) is 0 Å². The molecule has 0 spiro atoms. The Morgan fingerprint density at radius 1 is 1.14 bits per heavy atom. The van der Waals surface area contributed by atoms with E-state index in [-0.39, 0.29) is 17.7 Å². The number of carbonyl (C=O) groups excluding carboxylic acids is 2. The Kier molecular flexibility index (Phi) is 4.43. The molecule has 0 aliphatic carbocycles. The smallest absolute Gasteiger partial charge is 0.227 e. The van der Waals surface area contributed by atoms with Gasteiger partial charge in [-0.2, -0.15) is 0 Å². The molecule has 5 nitrogen and oxygen atoms in total. The first kappa shape index (κ1) is 15.0. The minimum atomic E-state index is 0.107. The number of rotatable bonds is 3.